The Balaban J connectivity index is 2.88. The van der Waals surface area contributed by atoms with E-state index < -0.39 is 0 Å². The van der Waals surface area contributed by atoms with Crippen LogP contribution in [0.3, 0.4) is 0 Å². The van der Waals surface area contributed by atoms with Gasteiger partial charge in [-0.1, -0.05) is 60.2 Å². The monoisotopic (exact) mass is 327 g/mol. The molecule has 0 bridgehead atoms. The van der Waals surface area contributed by atoms with Gasteiger partial charge in [-0.05, 0) is 45.0 Å². The number of nitrogens with one attached hydrogen (secondary N) is 1. The summed E-state index contributed by atoms with van der Waals surface area (Å²) in [5.74, 6) is 0.329. The normalized spacial score (nSPS) is 10.4. The maximum Gasteiger partial charge on any atom is 0.171 e. The summed E-state index contributed by atoms with van der Waals surface area (Å²) in [6, 6.07) is 9.50. The molecule has 0 atom stereocenters. The number of amidine groups is 1. The van der Waals surface area contributed by atoms with E-state index in [1.165, 1.54) is 11.1 Å². The van der Waals surface area contributed by atoms with Gasteiger partial charge in [0.1, 0.15) is 5.84 Å². The van der Waals surface area contributed by atoms with Crippen LogP contribution in [-0.4, -0.2) is 22.4 Å². The molecule has 1 aromatic rings. The highest BCUT2D eigenvalue weighted by molar-refractivity contribution is 7.80. The Bertz CT molecular complexity index is 638. The molecule has 0 aromatic heterocycles. The predicted octanol–water partition coefficient (Wildman–Crippen LogP) is 4.42. The third-order valence-corrected chi connectivity index (χ3v) is 3.62. The van der Waals surface area contributed by atoms with Crippen LogP contribution in [0.5, 0.6) is 0 Å². The summed E-state index contributed by atoms with van der Waals surface area (Å²) in [7, 11) is 0. The molecular weight excluding hydrogens is 302 g/mol. The van der Waals surface area contributed by atoms with Crippen molar-refractivity contribution in [2.45, 2.75) is 27.2 Å². The minimum atomic E-state index is 0.218. The standard InChI is InChI=1S/C19H25N3S/c1-14(2)10-11-16(15(3)4)12-13-22(19(21)23)18(20)17-8-6-5-7-9-17/h5-11,20H,1,12-13H2,2-4H3,(H2,21,23)/b11-10-,20-18?. The van der Waals surface area contributed by atoms with Crippen LogP contribution in [-0.2, 0) is 0 Å². The van der Waals surface area contributed by atoms with Crippen LogP contribution in [0, 0.1) is 5.41 Å². The highest BCUT2D eigenvalue weighted by Crippen LogP contribution is 2.14. The van der Waals surface area contributed by atoms with Gasteiger partial charge in [-0.25, -0.2) is 0 Å². The first-order valence-corrected chi connectivity index (χ1v) is 7.94. The zero-order chi connectivity index (χ0) is 17.4. The van der Waals surface area contributed by atoms with E-state index in [2.05, 4.69) is 26.5 Å². The van der Waals surface area contributed by atoms with Crippen LogP contribution in [0.2, 0.25) is 0 Å². The van der Waals surface area contributed by atoms with Crippen LogP contribution in [0.4, 0.5) is 0 Å². The first kappa shape index (κ1) is 18.8. The lowest BCUT2D eigenvalue weighted by molar-refractivity contribution is 0.606. The average Bonchev–Trinajstić information content (AvgIpc) is 2.50. The lowest BCUT2D eigenvalue weighted by atomic mass is 10.1. The van der Waals surface area contributed by atoms with Gasteiger partial charge in [0.15, 0.2) is 5.11 Å². The fourth-order valence-corrected chi connectivity index (χ4v) is 2.24. The molecule has 0 saturated heterocycles. The first-order valence-electron chi connectivity index (χ1n) is 7.53. The van der Waals surface area contributed by atoms with E-state index >= 15 is 0 Å². The molecule has 23 heavy (non-hydrogen) atoms. The van der Waals surface area contributed by atoms with Crippen LogP contribution in [0.1, 0.15) is 32.8 Å². The molecule has 122 valence electrons. The summed E-state index contributed by atoms with van der Waals surface area (Å²) < 4.78 is 0. The molecule has 0 unspecified atom stereocenters. The van der Waals surface area contributed by atoms with Crippen LogP contribution in [0.25, 0.3) is 0 Å². The Hall–Kier alpha value is -2.20. The van der Waals surface area contributed by atoms with Crippen molar-refractivity contribution >= 4 is 23.2 Å². The van der Waals surface area contributed by atoms with Crippen molar-refractivity contribution in [3.8, 4) is 0 Å². The number of nitrogens with two attached hydrogens (primary N) is 1. The summed E-state index contributed by atoms with van der Waals surface area (Å²) in [6.07, 6.45) is 4.83. The predicted molar refractivity (Wildman–Crippen MR) is 104 cm³/mol. The van der Waals surface area contributed by atoms with Gasteiger partial charge in [0.05, 0.1) is 0 Å². The highest BCUT2D eigenvalue weighted by Gasteiger charge is 2.14. The molecule has 1 rings (SSSR count). The third-order valence-electron chi connectivity index (χ3n) is 3.40. The molecule has 0 heterocycles. The molecule has 0 radical (unpaired) electrons. The van der Waals surface area contributed by atoms with Crippen molar-refractivity contribution in [2.24, 2.45) is 5.73 Å². The van der Waals surface area contributed by atoms with Crippen LogP contribution in [0.15, 0.2) is 65.8 Å². The molecular formula is C19H25N3S. The van der Waals surface area contributed by atoms with Crippen molar-refractivity contribution < 1.29 is 0 Å². The van der Waals surface area contributed by atoms with E-state index in [1.54, 1.807) is 4.90 Å². The second-order valence-electron chi connectivity index (χ2n) is 5.66. The number of rotatable bonds is 6. The smallest absolute Gasteiger partial charge is 0.171 e. The molecule has 1 aromatic carbocycles. The van der Waals surface area contributed by atoms with Gasteiger partial charge in [-0.2, -0.15) is 0 Å². The molecule has 0 amide bonds. The van der Waals surface area contributed by atoms with Gasteiger partial charge in [0.25, 0.3) is 0 Å². The average molecular weight is 327 g/mol. The second kappa shape index (κ2) is 9.06. The summed E-state index contributed by atoms with van der Waals surface area (Å²) in [5, 5.41) is 8.57. The molecule has 4 heteroatoms. The largest absolute Gasteiger partial charge is 0.376 e. The van der Waals surface area contributed by atoms with E-state index in [0.29, 0.717) is 12.4 Å². The third kappa shape index (κ3) is 6.20. The Morgan fingerprint density at radius 1 is 1.22 bits per heavy atom. The van der Waals surface area contributed by atoms with Crippen molar-refractivity contribution in [1.82, 2.24) is 4.90 Å². The number of nitrogens with zero attached hydrogens (tertiary/aromatic N) is 1. The number of allylic oxidation sites excluding steroid dienone is 4. The van der Waals surface area contributed by atoms with Crippen molar-refractivity contribution in [1.29, 1.82) is 5.41 Å². The van der Waals surface area contributed by atoms with E-state index in [0.717, 1.165) is 17.6 Å². The van der Waals surface area contributed by atoms with Gasteiger partial charge < -0.3 is 10.6 Å². The van der Waals surface area contributed by atoms with E-state index in [9.17, 15) is 0 Å². The Kier molecular flexibility index (Phi) is 7.42. The van der Waals surface area contributed by atoms with Crippen LogP contribution < -0.4 is 5.73 Å². The molecule has 0 aliphatic rings. The second-order valence-corrected chi connectivity index (χ2v) is 6.08. The zero-order valence-electron chi connectivity index (χ0n) is 14.1. The number of thiocarbonyl (C=S) groups is 1. The Labute approximate surface area is 144 Å². The quantitative estimate of drug-likeness (QED) is 0.352. The lowest BCUT2D eigenvalue weighted by Crippen LogP contribution is -2.41. The minimum Gasteiger partial charge on any atom is -0.376 e. The van der Waals surface area contributed by atoms with Crippen molar-refractivity contribution in [3.05, 3.63) is 71.3 Å². The fraction of sp³-hybridized carbons (Fsp3) is 0.263. The van der Waals surface area contributed by atoms with E-state index in [4.69, 9.17) is 23.4 Å². The Morgan fingerprint density at radius 2 is 1.83 bits per heavy atom. The maximum absolute atomic E-state index is 8.35. The molecule has 0 aliphatic carbocycles. The van der Waals surface area contributed by atoms with Gasteiger partial charge >= 0.3 is 0 Å². The van der Waals surface area contributed by atoms with E-state index in [-0.39, 0.29) is 5.11 Å². The summed E-state index contributed by atoms with van der Waals surface area (Å²) in [4.78, 5) is 1.67. The van der Waals surface area contributed by atoms with Gasteiger partial charge in [0.2, 0.25) is 0 Å². The first-order chi connectivity index (χ1) is 10.8. The highest BCUT2D eigenvalue weighted by atomic mass is 32.1. The van der Waals surface area contributed by atoms with E-state index in [1.807, 2.05) is 43.3 Å². The van der Waals surface area contributed by atoms with Crippen molar-refractivity contribution in [2.75, 3.05) is 6.54 Å². The fourth-order valence-electron chi connectivity index (χ4n) is 2.06. The number of hydrogen-bond acceptors (Lipinski definition) is 2. The minimum absolute atomic E-state index is 0.218. The van der Waals surface area contributed by atoms with Crippen molar-refractivity contribution in [3.63, 3.8) is 0 Å². The van der Waals surface area contributed by atoms with Gasteiger partial charge in [-0.3, -0.25) is 5.41 Å². The van der Waals surface area contributed by atoms with Gasteiger partial charge in [-0.15, -0.1) is 0 Å². The van der Waals surface area contributed by atoms with Gasteiger partial charge in [0, 0.05) is 12.1 Å². The van der Waals surface area contributed by atoms with Crippen LogP contribution >= 0.6 is 12.2 Å². The summed E-state index contributed by atoms with van der Waals surface area (Å²) in [5.41, 5.74) is 10.1. The lowest BCUT2D eigenvalue weighted by Gasteiger charge is -2.24. The molecule has 3 nitrogen and oxygen atoms in total. The molecule has 3 N–H and O–H groups in total. The number of benzene rings is 1. The molecule has 0 spiro atoms. The summed E-state index contributed by atoms with van der Waals surface area (Å²) in [6.45, 7) is 10.6. The Morgan fingerprint density at radius 3 is 2.30 bits per heavy atom. The number of hydrogen-bond donors (Lipinski definition) is 2. The zero-order valence-corrected chi connectivity index (χ0v) is 14.9. The molecule has 0 saturated carbocycles. The SMILES string of the molecule is C=C(C)/C=C\C(CCN(C(=N)c1ccccc1)C(N)=S)=C(C)C. The topological polar surface area (TPSA) is 53.1 Å². The molecule has 0 aliphatic heterocycles. The molecule has 0 fully saturated rings. The maximum atomic E-state index is 8.35. The summed E-state index contributed by atoms with van der Waals surface area (Å²) >= 11 is 5.13.